The van der Waals surface area contributed by atoms with Crippen LogP contribution in [-0.2, 0) is 0 Å². The standard InChI is InChI=1S/C17H18F2N4O2.2ClH/c18-12-3-4-14(15(19)10-12)16(25-13-2-1-5-21-11-13)22-17(24)23-8-6-20-7-9-23;;/h1-5,10-11,16,20H,6-9H2,(H,22,24);2*1H. The highest BCUT2D eigenvalue weighted by Crippen LogP contribution is 2.22. The van der Waals surface area contributed by atoms with E-state index in [0.717, 1.165) is 12.1 Å². The van der Waals surface area contributed by atoms with E-state index in [-0.39, 0.29) is 36.4 Å². The maximum atomic E-state index is 14.2. The summed E-state index contributed by atoms with van der Waals surface area (Å²) in [6, 6.07) is 6.05. The molecule has 27 heavy (non-hydrogen) atoms. The minimum atomic E-state index is -1.10. The SMILES string of the molecule is Cl.Cl.O=C(NC(Oc1cccnc1)c1ccc(F)cc1F)N1CCNCC1. The molecule has 1 aliphatic rings. The number of piperazine rings is 1. The molecule has 2 aromatic rings. The number of benzene rings is 1. The normalized spacial score (nSPS) is 14.4. The Bertz CT molecular complexity index is 734. The van der Waals surface area contributed by atoms with Gasteiger partial charge in [-0.1, -0.05) is 0 Å². The van der Waals surface area contributed by atoms with Gasteiger partial charge in [-0.05, 0) is 24.3 Å². The van der Waals surface area contributed by atoms with Gasteiger partial charge in [-0.2, -0.15) is 0 Å². The third-order valence-corrected chi connectivity index (χ3v) is 3.79. The van der Waals surface area contributed by atoms with Gasteiger partial charge in [0, 0.05) is 44.0 Å². The van der Waals surface area contributed by atoms with Crippen molar-refractivity contribution in [1.29, 1.82) is 0 Å². The molecule has 2 N–H and O–H groups in total. The van der Waals surface area contributed by atoms with Crippen LogP contribution in [0.2, 0.25) is 0 Å². The molecule has 1 aromatic heterocycles. The maximum Gasteiger partial charge on any atom is 0.320 e. The molecule has 0 bridgehead atoms. The number of amides is 2. The van der Waals surface area contributed by atoms with E-state index in [4.69, 9.17) is 4.74 Å². The quantitative estimate of drug-likeness (QED) is 0.746. The smallest absolute Gasteiger partial charge is 0.320 e. The molecule has 1 aliphatic heterocycles. The van der Waals surface area contributed by atoms with Gasteiger partial charge >= 0.3 is 6.03 Å². The second-order valence-corrected chi connectivity index (χ2v) is 5.54. The number of nitrogens with one attached hydrogen (secondary N) is 2. The molecule has 1 atom stereocenters. The van der Waals surface area contributed by atoms with Gasteiger partial charge in [0.25, 0.3) is 0 Å². The second kappa shape index (κ2) is 10.9. The zero-order valence-corrected chi connectivity index (χ0v) is 15.9. The number of pyridine rings is 1. The van der Waals surface area contributed by atoms with E-state index in [1.54, 1.807) is 23.2 Å². The molecule has 148 valence electrons. The topological polar surface area (TPSA) is 66.5 Å². The molecule has 1 fully saturated rings. The van der Waals surface area contributed by atoms with Crippen molar-refractivity contribution in [1.82, 2.24) is 20.5 Å². The van der Waals surface area contributed by atoms with Gasteiger partial charge in [-0.3, -0.25) is 10.3 Å². The van der Waals surface area contributed by atoms with Crippen molar-refractivity contribution >= 4 is 30.8 Å². The van der Waals surface area contributed by atoms with Gasteiger partial charge in [0.05, 0.1) is 6.20 Å². The van der Waals surface area contributed by atoms with Gasteiger partial charge in [0.1, 0.15) is 17.4 Å². The molecule has 1 saturated heterocycles. The van der Waals surface area contributed by atoms with Gasteiger partial charge in [-0.15, -0.1) is 24.8 Å². The molecule has 0 saturated carbocycles. The Balaban J connectivity index is 0.00000182. The third-order valence-electron chi connectivity index (χ3n) is 3.79. The first-order valence-electron chi connectivity index (χ1n) is 7.91. The number of ether oxygens (including phenoxy) is 1. The number of carbonyl (C=O) groups excluding carboxylic acids is 1. The van der Waals surface area contributed by atoms with Crippen molar-refractivity contribution in [3.8, 4) is 5.75 Å². The molecule has 2 heterocycles. The predicted molar refractivity (Wildman–Crippen MR) is 101 cm³/mol. The van der Waals surface area contributed by atoms with E-state index in [1.165, 1.54) is 12.3 Å². The average Bonchev–Trinajstić information content (AvgIpc) is 2.63. The summed E-state index contributed by atoms with van der Waals surface area (Å²) in [4.78, 5) is 18.0. The molecule has 10 heteroatoms. The minimum absolute atomic E-state index is 0. The molecular formula is C17H20Cl2F2N4O2. The average molecular weight is 421 g/mol. The van der Waals surface area contributed by atoms with Crippen LogP contribution >= 0.6 is 24.8 Å². The fourth-order valence-corrected chi connectivity index (χ4v) is 2.51. The van der Waals surface area contributed by atoms with Crippen molar-refractivity contribution < 1.29 is 18.3 Å². The molecule has 0 aliphatic carbocycles. The Morgan fingerprint density at radius 3 is 2.59 bits per heavy atom. The lowest BCUT2D eigenvalue weighted by Crippen LogP contribution is -2.51. The van der Waals surface area contributed by atoms with E-state index in [0.29, 0.717) is 31.9 Å². The number of urea groups is 1. The summed E-state index contributed by atoms with van der Waals surface area (Å²) < 4.78 is 33.1. The van der Waals surface area contributed by atoms with E-state index < -0.39 is 17.9 Å². The Morgan fingerprint density at radius 2 is 1.96 bits per heavy atom. The summed E-state index contributed by atoms with van der Waals surface area (Å²) in [5.41, 5.74) is 0.0359. The summed E-state index contributed by atoms with van der Waals surface area (Å²) in [6.07, 6.45) is 1.91. The van der Waals surface area contributed by atoms with Crippen molar-refractivity contribution in [2.45, 2.75) is 6.23 Å². The third kappa shape index (κ3) is 6.20. The van der Waals surface area contributed by atoms with E-state index in [9.17, 15) is 13.6 Å². The second-order valence-electron chi connectivity index (χ2n) is 5.54. The number of halogens is 4. The van der Waals surface area contributed by atoms with Crippen molar-refractivity contribution in [2.75, 3.05) is 26.2 Å². The first-order valence-corrected chi connectivity index (χ1v) is 7.91. The fourth-order valence-electron chi connectivity index (χ4n) is 2.51. The predicted octanol–water partition coefficient (Wildman–Crippen LogP) is 2.90. The molecule has 0 spiro atoms. The van der Waals surface area contributed by atoms with Crippen molar-refractivity contribution in [2.24, 2.45) is 0 Å². The van der Waals surface area contributed by atoms with Crippen LogP contribution in [-0.4, -0.2) is 42.1 Å². The van der Waals surface area contributed by atoms with Crippen LogP contribution in [0.15, 0.2) is 42.7 Å². The lowest BCUT2D eigenvalue weighted by Gasteiger charge is -2.30. The number of nitrogens with zero attached hydrogens (tertiary/aromatic N) is 2. The Labute approximate surface area is 168 Å². The molecule has 6 nitrogen and oxygen atoms in total. The van der Waals surface area contributed by atoms with Crippen LogP contribution in [0.25, 0.3) is 0 Å². The van der Waals surface area contributed by atoms with Gasteiger partial charge in [-0.25, -0.2) is 13.6 Å². The molecule has 1 unspecified atom stereocenters. The largest absolute Gasteiger partial charge is 0.465 e. The number of hydrogen-bond donors (Lipinski definition) is 2. The Hall–Kier alpha value is -2.16. The van der Waals surface area contributed by atoms with Gasteiger partial charge in [0.2, 0.25) is 6.23 Å². The van der Waals surface area contributed by atoms with E-state index in [2.05, 4.69) is 15.6 Å². The summed E-state index contributed by atoms with van der Waals surface area (Å²) >= 11 is 0. The van der Waals surface area contributed by atoms with Crippen LogP contribution in [0.1, 0.15) is 11.8 Å². The first-order chi connectivity index (χ1) is 12.1. The lowest BCUT2D eigenvalue weighted by atomic mass is 10.1. The highest BCUT2D eigenvalue weighted by atomic mass is 35.5. The number of carbonyl (C=O) groups is 1. The first kappa shape index (κ1) is 22.9. The number of rotatable bonds is 4. The summed E-state index contributed by atoms with van der Waals surface area (Å²) in [7, 11) is 0. The fraction of sp³-hybridized carbons (Fsp3) is 0.294. The molecule has 2 amide bonds. The lowest BCUT2D eigenvalue weighted by molar-refractivity contribution is 0.137. The van der Waals surface area contributed by atoms with Crippen LogP contribution in [0.3, 0.4) is 0 Å². The van der Waals surface area contributed by atoms with E-state index >= 15 is 0 Å². The Kier molecular flexibility index (Phi) is 9.20. The number of aromatic nitrogens is 1. The highest BCUT2D eigenvalue weighted by Gasteiger charge is 2.24. The summed E-state index contributed by atoms with van der Waals surface area (Å²) in [5.74, 6) is -1.14. The van der Waals surface area contributed by atoms with Crippen molar-refractivity contribution in [3.05, 3.63) is 59.9 Å². The molecule has 3 rings (SSSR count). The minimum Gasteiger partial charge on any atom is -0.465 e. The van der Waals surface area contributed by atoms with Crippen LogP contribution < -0.4 is 15.4 Å². The van der Waals surface area contributed by atoms with Gasteiger partial charge in [0.15, 0.2) is 0 Å². The highest BCUT2D eigenvalue weighted by molar-refractivity contribution is 5.85. The molecule has 0 radical (unpaired) electrons. The van der Waals surface area contributed by atoms with Crippen molar-refractivity contribution in [3.63, 3.8) is 0 Å². The molecule has 1 aromatic carbocycles. The summed E-state index contributed by atoms with van der Waals surface area (Å²) in [5, 5.41) is 5.81. The monoisotopic (exact) mass is 420 g/mol. The van der Waals surface area contributed by atoms with Crippen LogP contribution in [0.4, 0.5) is 13.6 Å². The molecular weight excluding hydrogens is 401 g/mol. The van der Waals surface area contributed by atoms with E-state index in [1.807, 2.05) is 0 Å². The zero-order chi connectivity index (χ0) is 17.6. The summed E-state index contributed by atoms with van der Waals surface area (Å²) in [6.45, 7) is 2.45. The van der Waals surface area contributed by atoms with Crippen LogP contribution in [0.5, 0.6) is 5.75 Å². The Morgan fingerprint density at radius 1 is 1.22 bits per heavy atom. The van der Waals surface area contributed by atoms with Gasteiger partial charge < -0.3 is 15.0 Å². The van der Waals surface area contributed by atoms with Crippen LogP contribution in [0, 0.1) is 11.6 Å². The zero-order valence-electron chi connectivity index (χ0n) is 14.2. The number of hydrogen-bond acceptors (Lipinski definition) is 4. The maximum absolute atomic E-state index is 14.2.